The fourth-order valence-corrected chi connectivity index (χ4v) is 4.22. The van der Waals surface area contributed by atoms with Crippen LogP contribution in [0, 0.1) is 0 Å². The lowest BCUT2D eigenvalue weighted by Crippen LogP contribution is -2.38. The molecule has 0 bridgehead atoms. The van der Waals surface area contributed by atoms with Gasteiger partial charge in [0, 0.05) is 23.7 Å². The van der Waals surface area contributed by atoms with E-state index in [2.05, 4.69) is 23.7 Å². The molecule has 8 heteroatoms. The number of nitrogens with zero attached hydrogens (tertiary/aromatic N) is 3. The van der Waals surface area contributed by atoms with E-state index >= 15 is 0 Å². The highest BCUT2D eigenvalue weighted by atomic mass is 35.5. The minimum Gasteiger partial charge on any atom is -0.497 e. The van der Waals surface area contributed by atoms with Gasteiger partial charge >= 0.3 is 0 Å². The van der Waals surface area contributed by atoms with Crippen LogP contribution in [0.1, 0.15) is 24.2 Å². The Kier molecular flexibility index (Phi) is 8.71. The maximum Gasteiger partial charge on any atom is 0.260 e. The number of fused-ring (bicyclic) bond motifs is 1. The molecular formula is C21H25Cl2N3O2S. The van der Waals surface area contributed by atoms with E-state index in [1.807, 2.05) is 18.2 Å². The van der Waals surface area contributed by atoms with Gasteiger partial charge in [0.1, 0.15) is 5.75 Å². The predicted octanol–water partition coefficient (Wildman–Crippen LogP) is 5.37. The van der Waals surface area contributed by atoms with E-state index in [4.69, 9.17) is 16.3 Å². The molecule has 0 saturated carbocycles. The average Bonchev–Trinajstić information content (AvgIpc) is 3.13. The van der Waals surface area contributed by atoms with Crippen molar-refractivity contribution in [1.82, 2.24) is 9.88 Å². The molecule has 0 aliphatic carbocycles. The van der Waals surface area contributed by atoms with E-state index in [1.54, 1.807) is 36.3 Å². The number of carbonyl (C=O) groups is 1. The van der Waals surface area contributed by atoms with Crippen LogP contribution in [0.2, 0.25) is 5.02 Å². The van der Waals surface area contributed by atoms with Gasteiger partial charge in [-0.2, -0.15) is 0 Å². The summed E-state index contributed by atoms with van der Waals surface area (Å²) >= 11 is 7.60. The zero-order valence-electron chi connectivity index (χ0n) is 16.7. The number of anilines is 1. The first kappa shape index (κ1) is 23.4. The number of thiazole rings is 1. The Morgan fingerprint density at radius 1 is 1.10 bits per heavy atom. The fourth-order valence-electron chi connectivity index (χ4n) is 2.96. The van der Waals surface area contributed by atoms with Crippen LogP contribution in [0.25, 0.3) is 10.2 Å². The van der Waals surface area contributed by atoms with Gasteiger partial charge in [0.25, 0.3) is 5.91 Å². The standard InChI is InChI=1S/C21H24ClN3O2S.ClH/c1-4-24(5-2)12-13-25(20(26)15-6-9-17(27-3)10-7-15)21-23-18-11-8-16(22)14-19(18)28-21;/h6-11,14H,4-5,12-13H2,1-3H3;1H. The highest BCUT2D eigenvalue weighted by Gasteiger charge is 2.22. The van der Waals surface area contributed by atoms with E-state index in [1.165, 1.54) is 11.3 Å². The molecule has 156 valence electrons. The predicted molar refractivity (Wildman–Crippen MR) is 124 cm³/mol. The molecule has 0 fully saturated rings. The average molecular weight is 454 g/mol. The third kappa shape index (κ3) is 5.60. The van der Waals surface area contributed by atoms with Gasteiger partial charge in [0.15, 0.2) is 5.13 Å². The number of hydrogen-bond acceptors (Lipinski definition) is 5. The largest absolute Gasteiger partial charge is 0.497 e. The monoisotopic (exact) mass is 453 g/mol. The van der Waals surface area contributed by atoms with Crippen LogP contribution in [0.3, 0.4) is 0 Å². The van der Waals surface area contributed by atoms with Crippen LogP contribution < -0.4 is 9.64 Å². The van der Waals surface area contributed by atoms with Crippen molar-refractivity contribution < 1.29 is 9.53 Å². The van der Waals surface area contributed by atoms with Gasteiger partial charge in [0.2, 0.25) is 0 Å². The van der Waals surface area contributed by atoms with Crippen molar-refractivity contribution >= 4 is 56.6 Å². The second-order valence-corrected chi connectivity index (χ2v) is 7.77. The van der Waals surface area contributed by atoms with E-state index in [0.717, 1.165) is 35.6 Å². The van der Waals surface area contributed by atoms with Crippen LogP contribution in [0.5, 0.6) is 5.75 Å². The molecule has 0 atom stereocenters. The number of methoxy groups -OCH3 is 1. The number of halogens is 2. The van der Waals surface area contributed by atoms with Crippen molar-refractivity contribution in [3.8, 4) is 5.75 Å². The summed E-state index contributed by atoms with van der Waals surface area (Å²) in [5.41, 5.74) is 1.46. The first-order valence-electron chi connectivity index (χ1n) is 9.30. The highest BCUT2D eigenvalue weighted by Crippen LogP contribution is 2.31. The molecule has 3 aromatic rings. The Morgan fingerprint density at radius 3 is 2.41 bits per heavy atom. The van der Waals surface area contributed by atoms with Crippen molar-refractivity contribution in [2.24, 2.45) is 0 Å². The summed E-state index contributed by atoms with van der Waals surface area (Å²) in [7, 11) is 1.61. The number of amides is 1. The maximum absolute atomic E-state index is 13.3. The Labute approximate surface area is 186 Å². The maximum atomic E-state index is 13.3. The van der Waals surface area contributed by atoms with Crippen LogP contribution in [0.15, 0.2) is 42.5 Å². The molecule has 3 rings (SSSR count). The Balaban J connectivity index is 0.00000300. The van der Waals surface area contributed by atoms with Gasteiger partial charge in [-0.15, -0.1) is 12.4 Å². The number of aromatic nitrogens is 1. The third-order valence-electron chi connectivity index (χ3n) is 4.69. The van der Waals surface area contributed by atoms with Gasteiger partial charge in [-0.3, -0.25) is 9.69 Å². The summed E-state index contributed by atoms with van der Waals surface area (Å²) in [6.45, 7) is 7.48. The number of rotatable bonds is 8. The molecule has 0 aliphatic rings. The quantitative estimate of drug-likeness (QED) is 0.459. The lowest BCUT2D eigenvalue weighted by atomic mass is 10.2. The Bertz CT molecular complexity index is 943. The summed E-state index contributed by atoms with van der Waals surface area (Å²) < 4.78 is 6.17. The van der Waals surface area contributed by atoms with Gasteiger partial charge in [-0.1, -0.05) is 36.8 Å². The second-order valence-electron chi connectivity index (χ2n) is 6.32. The Hall–Kier alpha value is -1.86. The summed E-state index contributed by atoms with van der Waals surface area (Å²) in [6.07, 6.45) is 0. The summed E-state index contributed by atoms with van der Waals surface area (Å²) in [6, 6.07) is 12.8. The molecule has 1 aromatic heterocycles. The van der Waals surface area contributed by atoms with Crippen molar-refractivity contribution in [3.05, 3.63) is 53.1 Å². The van der Waals surface area contributed by atoms with E-state index in [0.29, 0.717) is 22.3 Å². The molecule has 0 saturated heterocycles. The summed E-state index contributed by atoms with van der Waals surface area (Å²) in [4.78, 5) is 22.0. The minimum absolute atomic E-state index is 0. The fraction of sp³-hybridized carbons (Fsp3) is 0.333. The SMILES string of the molecule is CCN(CC)CCN(C(=O)c1ccc(OC)cc1)c1nc2ccc(Cl)cc2s1.Cl. The van der Waals surface area contributed by atoms with E-state index in [-0.39, 0.29) is 18.3 Å². The molecule has 1 heterocycles. The van der Waals surface area contributed by atoms with Crippen LogP contribution >= 0.6 is 35.3 Å². The number of benzene rings is 2. The summed E-state index contributed by atoms with van der Waals surface area (Å²) in [5, 5.41) is 1.35. The molecule has 2 aromatic carbocycles. The second kappa shape index (κ2) is 10.8. The van der Waals surface area contributed by atoms with Crippen molar-refractivity contribution in [1.29, 1.82) is 0 Å². The molecule has 0 N–H and O–H groups in total. The number of carbonyl (C=O) groups excluding carboxylic acids is 1. The number of ether oxygens (including phenoxy) is 1. The number of likely N-dealkylation sites (N-methyl/N-ethyl adjacent to an activating group) is 1. The minimum atomic E-state index is -0.0695. The molecule has 29 heavy (non-hydrogen) atoms. The number of hydrogen-bond donors (Lipinski definition) is 0. The normalized spacial score (nSPS) is 10.8. The first-order chi connectivity index (χ1) is 13.5. The lowest BCUT2D eigenvalue weighted by molar-refractivity contribution is 0.0983. The third-order valence-corrected chi connectivity index (χ3v) is 5.96. The summed E-state index contributed by atoms with van der Waals surface area (Å²) in [5.74, 6) is 0.654. The van der Waals surface area contributed by atoms with Crippen LogP contribution in [-0.2, 0) is 0 Å². The van der Waals surface area contributed by atoms with Gasteiger partial charge in [-0.25, -0.2) is 4.98 Å². The molecule has 0 aliphatic heterocycles. The van der Waals surface area contributed by atoms with Crippen LogP contribution in [0.4, 0.5) is 5.13 Å². The molecule has 5 nitrogen and oxygen atoms in total. The molecule has 0 radical (unpaired) electrons. The van der Waals surface area contributed by atoms with Crippen molar-refractivity contribution in [2.45, 2.75) is 13.8 Å². The van der Waals surface area contributed by atoms with Crippen LogP contribution in [-0.4, -0.2) is 49.1 Å². The topological polar surface area (TPSA) is 45.7 Å². The molecule has 0 spiro atoms. The van der Waals surface area contributed by atoms with Gasteiger partial charge in [0.05, 0.1) is 17.3 Å². The zero-order chi connectivity index (χ0) is 20.1. The molecule has 0 unspecified atom stereocenters. The molecular weight excluding hydrogens is 429 g/mol. The van der Waals surface area contributed by atoms with Crippen molar-refractivity contribution in [3.63, 3.8) is 0 Å². The molecule has 1 amide bonds. The highest BCUT2D eigenvalue weighted by molar-refractivity contribution is 7.22. The lowest BCUT2D eigenvalue weighted by Gasteiger charge is -2.24. The van der Waals surface area contributed by atoms with E-state index < -0.39 is 0 Å². The Morgan fingerprint density at radius 2 is 1.79 bits per heavy atom. The first-order valence-corrected chi connectivity index (χ1v) is 10.5. The van der Waals surface area contributed by atoms with Gasteiger partial charge in [-0.05, 0) is 55.6 Å². The van der Waals surface area contributed by atoms with Crippen molar-refractivity contribution in [2.75, 3.05) is 38.2 Å². The zero-order valence-corrected chi connectivity index (χ0v) is 19.1. The van der Waals surface area contributed by atoms with Gasteiger partial charge < -0.3 is 9.64 Å². The van der Waals surface area contributed by atoms with E-state index in [9.17, 15) is 4.79 Å². The smallest absolute Gasteiger partial charge is 0.260 e.